The highest BCUT2D eigenvalue weighted by Gasteiger charge is 2.15. The van der Waals surface area contributed by atoms with Crippen molar-refractivity contribution in [3.63, 3.8) is 0 Å². The van der Waals surface area contributed by atoms with E-state index in [1.165, 1.54) is 0 Å². The molecule has 0 heterocycles. The van der Waals surface area contributed by atoms with Gasteiger partial charge in [-0.1, -0.05) is 70.0 Å². The second kappa shape index (κ2) is 5.39. The number of fused-ring (bicyclic) bond motifs is 1. The predicted molar refractivity (Wildman–Crippen MR) is 86.5 cm³/mol. The monoisotopic (exact) mass is 344 g/mol. The fraction of sp³-hybridized carbons (Fsp3) is 0. The molecule has 0 aliphatic rings. The average molecular weight is 346 g/mol. The van der Waals surface area contributed by atoms with Gasteiger partial charge in [0, 0.05) is 20.6 Å². The zero-order valence-corrected chi connectivity index (χ0v) is 12.8. The number of halogens is 2. The SMILES string of the molecule is O=C(c1cc(Cl)ccc1Br)c1cccc2ccccc12. The Hall–Kier alpha value is -1.64. The number of hydrogen-bond donors (Lipinski definition) is 0. The van der Waals surface area contributed by atoms with E-state index >= 15 is 0 Å². The number of hydrogen-bond acceptors (Lipinski definition) is 1. The van der Waals surface area contributed by atoms with Gasteiger partial charge >= 0.3 is 0 Å². The van der Waals surface area contributed by atoms with Crippen molar-refractivity contribution in [2.45, 2.75) is 0 Å². The summed E-state index contributed by atoms with van der Waals surface area (Å²) in [6, 6.07) is 18.8. The molecule has 3 aromatic rings. The summed E-state index contributed by atoms with van der Waals surface area (Å²) in [6.07, 6.45) is 0. The van der Waals surface area contributed by atoms with E-state index in [0.29, 0.717) is 16.1 Å². The number of carbonyl (C=O) groups excluding carboxylic acids is 1. The summed E-state index contributed by atoms with van der Waals surface area (Å²) >= 11 is 9.41. The van der Waals surface area contributed by atoms with E-state index in [0.717, 1.165) is 15.2 Å². The van der Waals surface area contributed by atoms with E-state index in [2.05, 4.69) is 15.9 Å². The van der Waals surface area contributed by atoms with Crippen LogP contribution in [0.4, 0.5) is 0 Å². The maximum absolute atomic E-state index is 12.7. The van der Waals surface area contributed by atoms with Gasteiger partial charge in [0.05, 0.1) is 0 Å². The molecule has 0 bridgehead atoms. The van der Waals surface area contributed by atoms with Crippen molar-refractivity contribution in [2.24, 2.45) is 0 Å². The summed E-state index contributed by atoms with van der Waals surface area (Å²) in [4.78, 5) is 12.7. The second-order valence-corrected chi connectivity index (χ2v) is 5.77. The largest absolute Gasteiger partial charge is 0.289 e. The van der Waals surface area contributed by atoms with Crippen LogP contribution in [-0.2, 0) is 0 Å². The summed E-state index contributed by atoms with van der Waals surface area (Å²) in [6.45, 7) is 0. The number of benzene rings is 3. The van der Waals surface area contributed by atoms with Crippen molar-refractivity contribution in [2.75, 3.05) is 0 Å². The standard InChI is InChI=1S/C17H10BrClO/c18-16-9-8-12(19)10-15(16)17(20)14-7-3-5-11-4-1-2-6-13(11)14/h1-10H. The first kappa shape index (κ1) is 13.3. The Labute approximate surface area is 130 Å². The van der Waals surface area contributed by atoms with Gasteiger partial charge in [0.25, 0.3) is 0 Å². The lowest BCUT2D eigenvalue weighted by molar-refractivity contribution is 0.103. The molecule has 0 atom stereocenters. The molecule has 0 saturated carbocycles. The first-order chi connectivity index (χ1) is 9.66. The van der Waals surface area contributed by atoms with Crippen LogP contribution in [0.25, 0.3) is 10.8 Å². The third-order valence-electron chi connectivity index (χ3n) is 3.21. The third-order valence-corrected chi connectivity index (χ3v) is 4.13. The zero-order chi connectivity index (χ0) is 14.1. The van der Waals surface area contributed by atoms with Crippen LogP contribution in [0, 0.1) is 0 Å². The van der Waals surface area contributed by atoms with Gasteiger partial charge in [-0.3, -0.25) is 4.79 Å². The molecule has 0 aliphatic carbocycles. The fourth-order valence-corrected chi connectivity index (χ4v) is 2.84. The summed E-state index contributed by atoms with van der Waals surface area (Å²) < 4.78 is 0.750. The van der Waals surface area contributed by atoms with Gasteiger partial charge in [0.2, 0.25) is 0 Å². The molecule has 0 saturated heterocycles. The molecule has 3 rings (SSSR count). The predicted octanol–water partition coefficient (Wildman–Crippen LogP) is 5.49. The average Bonchev–Trinajstić information content (AvgIpc) is 2.48. The molecule has 98 valence electrons. The highest BCUT2D eigenvalue weighted by Crippen LogP contribution is 2.27. The van der Waals surface area contributed by atoms with Crippen LogP contribution < -0.4 is 0 Å². The molecule has 0 unspecified atom stereocenters. The molecule has 0 radical (unpaired) electrons. The van der Waals surface area contributed by atoms with Crippen LogP contribution in [-0.4, -0.2) is 5.78 Å². The molecule has 0 fully saturated rings. The first-order valence-electron chi connectivity index (χ1n) is 6.14. The van der Waals surface area contributed by atoms with Gasteiger partial charge in [-0.05, 0) is 29.0 Å². The Morgan fingerprint density at radius 1 is 0.900 bits per heavy atom. The normalized spacial score (nSPS) is 10.7. The molecule has 0 N–H and O–H groups in total. The van der Waals surface area contributed by atoms with Gasteiger partial charge in [0.1, 0.15) is 0 Å². The summed E-state index contributed by atoms with van der Waals surface area (Å²) in [5.74, 6) is -0.0313. The van der Waals surface area contributed by atoms with E-state index in [4.69, 9.17) is 11.6 Å². The number of carbonyl (C=O) groups is 1. The lowest BCUT2D eigenvalue weighted by Gasteiger charge is -2.08. The lowest BCUT2D eigenvalue weighted by atomic mass is 9.97. The van der Waals surface area contributed by atoms with Crippen molar-refractivity contribution >= 4 is 44.1 Å². The van der Waals surface area contributed by atoms with Crippen molar-refractivity contribution in [1.29, 1.82) is 0 Å². The fourth-order valence-electron chi connectivity index (χ4n) is 2.24. The minimum Gasteiger partial charge on any atom is -0.289 e. The van der Waals surface area contributed by atoms with Crippen molar-refractivity contribution < 1.29 is 4.79 Å². The summed E-state index contributed by atoms with van der Waals surface area (Å²) in [5, 5.41) is 2.56. The van der Waals surface area contributed by atoms with Crippen molar-refractivity contribution in [3.05, 3.63) is 81.3 Å². The molecule has 20 heavy (non-hydrogen) atoms. The van der Waals surface area contributed by atoms with Crippen LogP contribution in [0.2, 0.25) is 5.02 Å². The molecule has 0 amide bonds. The van der Waals surface area contributed by atoms with Crippen LogP contribution >= 0.6 is 27.5 Å². The highest BCUT2D eigenvalue weighted by molar-refractivity contribution is 9.10. The molecular weight excluding hydrogens is 336 g/mol. The molecule has 3 heteroatoms. The quantitative estimate of drug-likeness (QED) is 0.562. The van der Waals surface area contributed by atoms with Crippen LogP contribution in [0.5, 0.6) is 0 Å². The maximum Gasteiger partial charge on any atom is 0.194 e. The third kappa shape index (κ3) is 2.37. The van der Waals surface area contributed by atoms with Gasteiger partial charge in [-0.25, -0.2) is 0 Å². The Kier molecular flexibility index (Phi) is 3.60. The number of rotatable bonds is 2. The molecule has 0 aromatic heterocycles. The van der Waals surface area contributed by atoms with Crippen LogP contribution in [0.3, 0.4) is 0 Å². The van der Waals surface area contributed by atoms with E-state index in [1.54, 1.807) is 18.2 Å². The van der Waals surface area contributed by atoms with E-state index in [1.807, 2.05) is 42.5 Å². The van der Waals surface area contributed by atoms with Gasteiger partial charge in [-0.15, -0.1) is 0 Å². The maximum atomic E-state index is 12.7. The Bertz CT molecular complexity index is 806. The smallest absolute Gasteiger partial charge is 0.194 e. The molecular formula is C17H10BrClO. The van der Waals surface area contributed by atoms with E-state index in [-0.39, 0.29) is 5.78 Å². The number of ketones is 1. The molecule has 0 aliphatic heterocycles. The van der Waals surface area contributed by atoms with Crippen molar-refractivity contribution in [1.82, 2.24) is 0 Å². The lowest BCUT2D eigenvalue weighted by Crippen LogP contribution is -2.03. The van der Waals surface area contributed by atoms with Gasteiger partial charge in [-0.2, -0.15) is 0 Å². The molecule has 1 nitrogen and oxygen atoms in total. The minimum atomic E-state index is -0.0313. The molecule has 3 aromatic carbocycles. The van der Waals surface area contributed by atoms with E-state index in [9.17, 15) is 4.79 Å². The minimum absolute atomic E-state index is 0.0313. The van der Waals surface area contributed by atoms with Gasteiger partial charge in [0.15, 0.2) is 5.78 Å². The van der Waals surface area contributed by atoms with Crippen LogP contribution in [0.15, 0.2) is 65.1 Å². The highest BCUT2D eigenvalue weighted by atomic mass is 79.9. The second-order valence-electron chi connectivity index (χ2n) is 4.48. The van der Waals surface area contributed by atoms with Gasteiger partial charge < -0.3 is 0 Å². The summed E-state index contributed by atoms with van der Waals surface area (Å²) in [5.41, 5.74) is 1.26. The Morgan fingerprint density at radius 3 is 2.50 bits per heavy atom. The zero-order valence-electron chi connectivity index (χ0n) is 10.4. The summed E-state index contributed by atoms with van der Waals surface area (Å²) in [7, 11) is 0. The van der Waals surface area contributed by atoms with E-state index < -0.39 is 0 Å². The van der Waals surface area contributed by atoms with Crippen LogP contribution in [0.1, 0.15) is 15.9 Å². The first-order valence-corrected chi connectivity index (χ1v) is 7.31. The Balaban J connectivity index is 2.20. The topological polar surface area (TPSA) is 17.1 Å². The Morgan fingerprint density at radius 2 is 1.65 bits per heavy atom. The molecule has 0 spiro atoms. The van der Waals surface area contributed by atoms with Crippen molar-refractivity contribution in [3.8, 4) is 0 Å².